The Kier molecular flexibility index (Phi) is 4.95. The smallest absolute Gasteiger partial charge is 0.273 e. The molecule has 0 radical (unpaired) electrons. The molecule has 0 aliphatic carbocycles. The summed E-state index contributed by atoms with van der Waals surface area (Å²) in [7, 11) is 1.35. The number of ether oxygens (including phenoxy) is 1. The molecule has 22 heavy (non-hydrogen) atoms. The molecule has 0 bridgehead atoms. The largest absolute Gasteiger partial charge is 0.496 e. The van der Waals surface area contributed by atoms with E-state index in [0.717, 1.165) is 12.1 Å². The van der Waals surface area contributed by atoms with Gasteiger partial charge in [0.1, 0.15) is 11.6 Å². The number of methoxy groups -OCH3 is 1. The van der Waals surface area contributed by atoms with E-state index in [1.54, 1.807) is 18.2 Å². The van der Waals surface area contributed by atoms with Gasteiger partial charge in [0, 0.05) is 0 Å². The standard InChI is InChI=1S/C15H12ClFN2O3/c1-22-13-7-6-9(17)8-11(13)15(21)19-18-14(20)10-4-2-3-5-12(10)16/h2-8H,1H3,(H,18,20)(H,19,21). The lowest BCUT2D eigenvalue weighted by Crippen LogP contribution is -2.41. The Morgan fingerprint density at radius 1 is 1.05 bits per heavy atom. The summed E-state index contributed by atoms with van der Waals surface area (Å²) in [5.74, 6) is -1.71. The maximum absolute atomic E-state index is 13.2. The van der Waals surface area contributed by atoms with Crippen LogP contribution < -0.4 is 15.6 Å². The Bertz CT molecular complexity index is 722. The zero-order chi connectivity index (χ0) is 16.1. The minimum Gasteiger partial charge on any atom is -0.496 e. The van der Waals surface area contributed by atoms with Gasteiger partial charge in [0.05, 0.1) is 23.3 Å². The first-order valence-corrected chi connectivity index (χ1v) is 6.59. The van der Waals surface area contributed by atoms with E-state index >= 15 is 0 Å². The number of benzene rings is 2. The number of halogens is 2. The third-order valence-corrected chi connectivity index (χ3v) is 3.14. The first-order chi connectivity index (χ1) is 10.5. The fourth-order valence-electron chi connectivity index (χ4n) is 1.75. The van der Waals surface area contributed by atoms with Crippen molar-refractivity contribution in [3.05, 3.63) is 64.4 Å². The summed E-state index contributed by atoms with van der Waals surface area (Å²) in [6, 6.07) is 9.86. The van der Waals surface area contributed by atoms with Crippen LogP contribution in [0.4, 0.5) is 4.39 Å². The van der Waals surface area contributed by atoms with E-state index in [1.165, 1.54) is 19.2 Å². The lowest BCUT2D eigenvalue weighted by molar-refractivity contribution is 0.0844. The van der Waals surface area contributed by atoms with Crippen molar-refractivity contribution in [1.82, 2.24) is 10.9 Å². The highest BCUT2D eigenvalue weighted by Crippen LogP contribution is 2.19. The fraction of sp³-hybridized carbons (Fsp3) is 0.0667. The van der Waals surface area contributed by atoms with Gasteiger partial charge in [-0.05, 0) is 30.3 Å². The maximum Gasteiger partial charge on any atom is 0.273 e. The molecule has 114 valence electrons. The topological polar surface area (TPSA) is 67.4 Å². The summed E-state index contributed by atoms with van der Waals surface area (Å²) in [6.07, 6.45) is 0. The number of carbonyl (C=O) groups is 2. The monoisotopic (exact) mass is 322 g/mol. The quantitative estimate of drug-likeness (QED) is 0.853. The average Bonchev–Trinajstić information content (AvgIpc) is 2.52. The molecule has 2 amide bonds. The van der Waals surface area contributed by atoms with Crippen LogP contribution in [0.5, 0.6) is 5.75 Å². The first-order valence-electron chi connectivity index (χ1n) is 6.21. The minimum atomic E-state index is -0.711. The van der Waals surface area contributed by atoms with Crippen LogP contribution in [0.2, 0.25) is 5.02 Å². The number of rotatable bonds is 3. The third-order valence-electron chi connectivity index (χ3n) is 2.81. The van der Waals surface area contributed by atoms with E-state index in [-0.39, 0.29) is 21.9 Å². The highest BCUT2D eigenvalue weighted by Gasteiger charge is 2.15. The molecule has 0 atom stereocenters. The average molecular weight is 323 g/mol. The molecule has 2 aromatic rings. The Hall–Kier alpha value is -2.60. The van der Waals surface area contributed by atoms with Crippen LogP contribution >= 0.6 is 11.6 Å². The van der Waals surface area contributed by atoms with Gasteiger partial charge in [-0.1, -0.05) is 23.7 Å². The predicted molar refractivity (Wildman–Crippen MR) is 79.3 cm³/mol. The molecule has 2 aromatic carbocycles. The van der Waals surface area contributed by atoms with Crippen molar-refractivity contribution in [2.45, 2.75) is 0 Å². The number of hydrogen-bond acceptors (Lipinski definition) is 3. The van der Waals surface area contributed by atoms with Crippen LogP contribution in [0.3, 0.4) is 0 Å². The van der Waals surface area contributed by atoms with E-state index < -0.39 is 17.6 Å². The molecule has 0 fully saturated rings. The highest BCUT2D eigenvalue weighted by molar-refractivity contribution is 6.33. The van der Waals surface area contributed by atoms with Crippen molar-refractivity contribution in [3.8, 4) is 5.75 Å². The van der Waals surface area contributed by atoms with E-state index in [9.17, 15) is 14.0 Å². The summed E-state index contributed by atoms with van der Waals surface area (Å²) < 4.78 is 18.2. The lowest BCUT2D eigenvalue weighted by Gasteiger charge is -2.11. The molecule has 5 nitrogen and oxygen atoms in total. The molecule has 2 N–H and O–H groups in total. The van der Waals surface area contributed by atoms with Crippen molar-refractivity contribution < 1.29 is 18.7 Å². The van der Waals surface area contributed by atoms with Crippen LogP contribution in [0.25, 0.3) is 0 Å². The van der Waals surface area contributed by atoms with Crippen LogP contribution in [0.1, 0.15) is 20.7 Å². The molecule has 7 heteroatoms. The van der Waals surface area contributed by atoms with Crippen molar-refractivity contribution in [2.75, 3.05) is 7.11 Å². The number of hydrogen-bond donors (Lipinski definition) is 2. The van der Waals surface area contributed by atoms with Gasteiger partial charge in [0.25, 0.3) is 11.8 Å². The van der Waals surface area contributed by atoms with Crippen LogP contribution in [0, 0.1) is 5.82 Å². The van der Waals surface area contributed by atoms with Crippen molar-refractivity contribution in [2.24, 2.45) is 0 Å². The molecular weight excluding hydrogens is 311 g/mol. The minimum absolute atomic E-state index is 0.0399. The van der Waals surface area contributed by atoms with Crippen molar-refractivity contribution in [3.63, 3.8) is 0 Å². The van der Waals surface area contributed by atoms with Crippen LogP contribution in [-0.2, 0) is 0 Å². The maximum atomic E-state index is 13.2. The second-order valence-corrected chi connectivity index (χ2v) is 4.64. The number of carbonyl (C=O) groups excluding carboxylic acids is 2. The second kappa shape index (κ2) is 6.91. The molecule has 0 aliphatic rings. The molecule has 0 aromatic heterocycles. The van der Waals surface area contributed by atoms with Gasteiger partial charge >= 0.3 is 0 Å². The molecular formula is C15H12ClFN2O3. The summed E-state index contributed by atoms with van der Waals surface area (Å²) >= 11 is 5.88. The summed E-state index contributed by atoms with van der Waals surface area (Å²) in [4.78, 5) is 23.9. The van der Waals surface area contributed by atoms with Crippen molar-refractivity contribution in [1.29, 1.82) is 0 Å². The molecule has 2 rings (SSSR count). The van der Waals surface area contributed by atoms with Gasteiger partial charge in [0.2, 0.25) is 0 Å². The van der Waals surface area contributed by atoms with E-state index in [1.807, 2.05) is 0 Å². The molecule has 0 saturated heterocycles. The second-order valence-electron chi connectivity index (χ2n) is 4.23. The Labute approximate surface area is 131 Å². The van der Waals surface area contributed by atoms with E-state index in [0.29, 0.717) is 0 Å². The molecule has 0 unspecified atom stereocenters. The van der Waals surface area contributed by atoms with Gasteiger partial charge in [-0.15, -0.1) is 0 Å². The summed E-state index contributed by atoms with van der Waals surface area (Å²) in [6.45, 7) is 0. The van der Waals surface area contributed by atoms with Gasteiger partial charge in [-0.2, -0.15) is 0 Å². The van der Waals surface area contributed by atoms with Gasteiger partial charge in [0.15, 0.2) is 0 Å². The number of nitrogens with one attached hydrogen (secondary N) is 2. The predicted octanol–water partition coefficient (Wildman–Crippen LogP) is 2.56. The molecule has 0 spiro atoms. The zero-order valence-electron chi connectivity index (χ0n) is 11.5. The van der Waals surface area contributed by atoms with Gasteiger partial charge in [-0.25, -0.2) is 4.39 Å². The Morgan fingerprint density at radius 3 is 2.32 bits per heavy atom. The van der Waals surface area contributed by atoms with Crippen molar-refractivity contribution >= 4 is 23.4 Å². The lowest BCUT2D eigenvalue weighted by atomic mass is 10.2. The van der Waals surface area contributed by atoms with Gasteiger partial charge < -0.3 is 4.74 Å². The summed E-state index contributed by atoms with van der Waals surface area (Å²) in [5, 5.41) is 0.248. The number of amides is 2. The Balaban J connectivity index is 2.09. The first kappa shape index (κ1) is 15.8. The van der Waals surface area contributed by atoms with Gasteiger partial charge in [-0.3, -0.25) is 20.4 Å². The highest BCUT2D eigenvalue weighted by atomic mass is 35.5. The molecule has 0 saturated carbocycles. The SMILES string of the molecule is COc1ccc(F)cc1C(=O)NNC(=O)c1ccccc1Cl. The zero-order valence-corrected chi connectivity index (χ0v) is 12.3. The Morgan fingerprint density at radius 2 is 1.68 bits per heavy atom. The third kappa shape index (κ3) is 3.53. The normalized spacial score (nSPS) is 9.95. The van der Waals surface area contributed by atoms with Crippen LogP contribution in [-0.4, -0.2) is 18.9 Å². The van der Waals surface area contributed by atoms with E-state index in [2.05, 4.69) is 10.9 Å². The molecule has 0 heterocycles. The molecule has 0 aliphatic heterocycles. The summed E-state index contributed by atoms with van der Waals surface area (Å²) in [5.41, 5.74) is 4.55. The number of hydrazine groups is 1. The van der Waals surface area contributed by atoms with Crippen LogP contribution in [0.15, 0.2) is 42.5 Å². The van der Waals surface area contributed by atoms with E-state index in [4.69, 9.17) is 16.3 Å². The fourth-order valence-corrected chi connectivity index (χ4v) is 1.97.